The number of ether oxygens (including phenoxy) is 1. The van der Waals surface area contributed by atoms with Gasteiger partial charge in [0.2, 0.25) is 0 Å². The lowest BCUT2D eigenvalue weighted by Gasteiger charge is -2.26. The molecule has 0 aromatic heterocycles. The molecular weight excluding hydrogens is 302 g/mol. The summed E-state index contributed by atoms with van der Waals surface area (Å²) in [6.45, 7) is 7.69. The van der Waals surface area contributed by atoms with Gasteiger partial charge in [-0.2, -0.15) is 5.26 Å². The second kappa shape index (κ2) is 8.16. The van der Waals surface area contributed by atoms with Gasteiger partial charge in [0.05, 0.1) is 11.6 Å². The van der Waals surface area contributed by atoms with E-state index in [2.05, 4.69) is 22.8 Å². The lowest BCUT2D eigenvalue weighted by molar-refractivity contribution is 0.0528. The topological polar surface area (TPSA) is 74.2 Å². The van der Waals surface area contributed by atoms with Crippen molar-refractivity contribution < 1.29 is 9.53 Å². The Labute approximate surface area is 144 Å². The van der Waals surface area contributed by atoms with Gasteiger partial charge in [-0.25, -0.2) is 4.79 Å². The fourth-order valence-electron chi connectivity index (χ4n) is 3.04. The second-order valence-electron chi connectivity index (χ2n) is 7.25. The van der Waals surface area contributed by atoms with Crippen LogP contribution in [0.2, 0.25) is 0 Å². The number of carbonyl (C=O) groups is 1. The predicted octanol–water partition coefficient (Wildman–Crippen LogP) is 3.09. The van der Waals surface area contributed by atoms with Crippen LogP contribution in [0.5, 0.6) is 0 Å². The standard InChI is InChI=1S/C19H27N3O2/c1-19(2,3)24-18(23)22-10-9-21-13-16-6-4-5-15-11-14(12-20)7-8-17(15)16/h7-8,11,16,21H,4-6,9-10,13H2,1-3H3,(H,22,23). The number of nitriles is 1. The number of aryl methyl sites for hydroxylation is 1. The molecule has 1 aromatic carbocycles. The zero-order valence-corrected chi connectivity index (χ0v) is 14.8. The number of fused-ring (bicyclic) bond motifs is 1. The molecular formula is C19H27N3O2. The van der Waals surface area contributed by atoms with Gasteiger partial charge in [0.25, 0.3) is 0 Å². The van der Waals surface area contributed by atoms with Crippen LogP contribution in [0.3, 0.4) is 0 Å². The number of benzene rings is 1. The summed E-state index contributed by atoms with van der Waals surface area (Å²) in [5.74, 6) is 0.475. The van der Waals surface area contributed by atoms with Crippen molar-refractivity contribution in [3.05, 3.63) is 34.9 Å². The summed E-state index contributed by atoms with van der Waals surface area (Å²) < 4.78 is 5.20. The number of rotatable bonds is 5. The quantitative estimate of drug-likeness (QED) is 0.814. The highest BCUT2D eigenvalue weighted by atomic mass is 16.6. The van der Waals surface area contributed by atoms with Gasteiger partial charge in [0, 0.05) is 19.6 Å². The summed E-state index contributed by atoms with van der Waals surface area (Å²) in [6, 6.07) is 8.23. The van der Waals surface area contributed by atoms with E-state index in [1.54, 1.807) is 0 Å². The van der Waals surface area contributed by atoms with E-state index in [0.29, 0.717) is 19.0 Å². The maximum Gasteiger partial charge on any atom is 0.407 e. The molecule has 1 atom stereocenters. The van der Waals surface area contributed by atoms with E-state index in [1.165, 1.54) is 11.1 Å². The number of nitrogens with one attached hydrogen (secondary N) is 2. The first-order valence-corrected chi connectivity index (χ1v) is 8.59. The number of nitrogens with zero attached hydrogens (tertiary/aromatic N) is 1. The van der Waals surface area contributed by atoms with Crippen LogP contribution in [0, 0.1) is 11.3 Å². The molecule has 5 nitrogen and oxygen atoms in total. The molecule has 0 spiro atoms. The van der Waals surface area contributed by atoms with Crippen molar-refractivity contribution in [1.29, 1.82) is 5.26 Å². The molecule has 1 amide bonds. The van der Waals surface area contributed by atoms with Crippen LogP contribution in [0.25, 0.3) is 0 Å². The summed E-state index contributed by atoms with van der Waals surface area (Å²) >= 11 is 0. The van der Waals surface area contributed by atoms with Crippen LogP contribution in [-0.2, 0) is 11.2 Å². The van der Waals surface area contributed by atoms with Crippen LogP contribution < -0.4 is 10.6 Å². The summed E-state index contributed by atoms with van der Waals surface area (Å²) in [4.78, 5) is 11.6. The molecule has 0 bridgehead atoms. The first-order valence-electron chi connectivity index (χ1n) is 8.59. The van der Waals surface area contributed by atoms with Gasteiger partial charge < -0.3 is 15.4 Å². The Hall–Kier alpha value is -2.06. The average Bonchev–Trinajstić information content (AvgIpc) is 2.52. The minimum absolute atomic E-state index is 0.378. The molecule has 2 N–H and O–H groups in total. The lowest BCUT2D eigenvalue weighted by atomic mass is 9.82. The fourth-order valence-corrected chi connectivity index (χ4v) is 3.04. The van der Waals surface area contributed by atoms with Gasteiger partial charge in [-0.3, -0.25) is 0 Å². The fraction of sp³-hybridized carbons (Fsp3) is 0.579. The van der Waals surface area contributed by atoms with Crippen LogP contribution >= 0.6 is 0 Å². The van der Waals surface area contributed by atoms with Gasteiger partial charge in [0.15, 0.2) is 0 Å². The van der Waals surface area contributed by atoms with Crippen molar-refractivity contribution >= 4 is 6.09 Å². The van der Waals surface area contributed by atoms with E-state index in [-0.39, 0.29) is 6.09 Å². The Balaban J connectivity index is 1.75. The van der Waals surface area contributed by atoms with E-state index < -0.39 is 5.60 Å². The van der Waals surface area contributed by atoms with Crippen molar-refractivity contribution in [3.8, 4) is 6.07 Å². The molecule has 0 fully saturated rings. The Morgan fingerprint density at radius 3 is 2.88 bits per heavy atom. The number of hydrogen-bond acceptors (Lipinski definition) is 4. The van der Waals surface area contributed by atoms with E-state index in [1.807, 2.05) is 32.9 Å². The third-order valence-corrected chi connectivity index (χ3v) is 4.07. The van der Waals surface area contributed by atoms with Crippen molar-refractivity contribution in [3.63, 3.8) is 0 Å². The third-order valence-electron chi connectivity index (χ3n) is 4.07. The SMILES string of the molecule is CC(C)(C)OC(=O)NCCNCC1CCCc2cc(C#N)ccc21. The number of alkyl carbamates (subject to hydrolysis) is 1. The lowest BCUT2D eigenvalue weighted by Crippen LogP contribution is -2.37. The van der Waals surface area contributed by atoms with Crippen molar-refractivity contribution in [2.75, 3.05) is 19.6 Å². The molecule has 0 aliphatic heterocycles. The van der Waals surface area contributed by atoms with Crippen molar-refractivity contribution in [2.24, 2.45) is 0 Å². The molecule has 24 heavy (non-hydrogen) atoms. The van der Waals surface area contributed by atoms with Crippen LogP contribution in [0.4, 0.5) is 4.79 Å². The normalized spacial score (nSPS) is 16.8. The van der Waals surface area contributed by atoms with Crippen LogP contribution in [0.15, 0.2) is 18.2 Å². The minimum Gasteiger partial charge on any atom is -0.444 e. The largest absolute Gasteiger partial charge is 0.444 e. The highest BCUT2D eigenvalue weighted by Gasteiger charge is 2.20. The van der Waals surface area contributed by atoms with E-state index in [4.69, 9.17) is 10.00 Å². The Morgan fingerprint density at radius 2 is 2.17 bits per heavy atom. The third kappa shape index (κ3) is 5.54. The molecule has 0 heterocycles. The highest BCUT2D eigenvalue weighted by molar-refractivity contribution is 5.67. The monoisotopic (exact) mass is 329 g/mol. The number of carbonyl (C=O) groups excluding carboxylic acids is 1. The maximum atomic E-state index is 11.6. The van der Waals surface area contributed by atoms with Crippen molar-refractivity contribution in [1.82, 2.24) is 10.6 Å². The second-order valence-corrected chi connectivity index (χ2v) is 7.25. The summed E-state index contributed by atoms with van der Waals surface area (Å²) in [5, 5.41) is 15.2. The molecule has 0 radical (unpaired) electrons. The van der Waals surface area contributed by atoms with E-state index in [9.17, 15) is 4.79 Å². The molecule has 1 aliphatic rings. The molecule has 0 saturated carbocycles. The Bertz CT molecular complexity index is 614. The summed E-state index contributed by atoms with van der Waals surface area (Å²) in [5.41, 5.74) is 2.93. The predicted molar refractivity (Wildman–Crippen MR) is 93.9 cm³/mol. The molecule has 1 aromatic rings. The van der Waals surface area contributed by atoms with Crippen LogP contribution in [-0.4, -0.2) is 31.3 Å². The zero-order valence-electron chi connectivity index (χ0n) is 14.8. The maximum absolute atomic E-state index is 11.6. The van der Waals surface area contributed by atoms with E-state index >= 15 is 0 Å². The molecule has 0 saturated heterocycles. The Morgan fingerprint density at radius 1 is 1.38 bits per heavy atom. The number of amides is 1. The first kappa shape index (κ1) is 18.3. The average molecular weight is 329 g/mol. The summed E-state index contributed by atoms with van der Waals surface area (Å²) in [7, 11) is 0. The van der Waals surface area contributed by atoms with Gasteiger partial charge >= 0.3 is 6.09 Å². The first-order chi connectivity index (χ1) is 11.4. The molecule has 5 heteroatoms. The van der Waals surface area contributed by atoms with Gasteiger partial charge in [-0.05, 0) is 69.2 Å². The number of hydrogen-bond donors (Lipinski definition) is 2. The van der Waals surface area contributed by atoms with Gasteiger partial charge in [-0.15, -0.1) is 0 Å². The molecule has 2 rings (SSSR count). The minimum atomic E-state index is -0.467. The Kier molecular flexibility index (Phi) is 6.22. The van der Waals surface area contributed by atoms with E-state index in [0.717, 1.165) is 31.4 Å². The molecule has 1 aliphatic carbocycles. The van der Waals surface area contributed by atoms with Crippen LogP contribution in [0.1, 0.15) is 56.2 Å². The molecule has 130 valence electrons. The van der Waals surface area contributed by atoms with Crippen molar-refractivity contribution in [2.45, 2.75) is 51.6 Å². The summed E-state index contributed by atoms with van der Waals surface area (Å²) in [6.07, 6.45) is 2.99. The smallest absolute Gasteiger partial charge is 0.407 e. The highest BCUT2D eigenvalue weighted by Crippen LogP contribution is 2.31. The van der Waals surface area contributed by atoms with Gasteiger partial charge in [0.1, 0.15) is 5.60 Å². The molecule has 1 unspecified atom stereocenters. The zero-order chi connectivity index (χ0) is 17.6. The van der Waals surface area contributed by atoms with Gasteiger partial charge in [-0.1, -0.05) is 6.07 Å².